The van der Waals surface area contributed by atoms with Crippen molar-refractivity contribution in [3.05, 3.63) is 82.8 Å². The predicted molar refractivity (Wildman–Crippen MR) is 110 cm³/mol. The topological polar surface area (TPSA) is 100 Å². The summed E-state index contributed by atoms with van der Waals surface area (Å²) in [7, 11) is 0. The quantitative estimate of drug-likeness (QED) is 0.573. The van der Waals surface area contributed by atoms with Crippen molar-refractivity contribution in [3.8, 4) is 0 Å². The van der Waals surface area contributed by atoms with Gasteiger partial charge in [0.05, 0.1) is 24.1 Å². The van der Waals surface area contributed by atoms with Crippen LogP contribution in [0.3, 0.4) is 0 Å². The average molecular weight is 412 g/mol. The summed E-state index contributed by atoms with van der Waals surface area (Å²) in [5, 5.41) is 8.41. The minimum atomic E-state index is -0.502. The highest BCUT2D eigenvalue weighted by atomic mass is 35.5. The van der Waals surface area contributed by atoms with E-state index in [0.29, 0.717) is 16.4 Å². The fourth-order valence-electron chi connectivity index (χ4n) is 2.57. The van der Waals surface area contributed by atoms with E-state index < -0.39 is 17.7 Å². The van der Waals surface area contributed by atoms with E-state index in [-0.39, 0.29) is 17.9 Å². The first-order chi connectivity index (χ1) is 14.0. The van der Waals surface area contributed by atoms with Crippen LogP contribution in [0, 0.1) is 6.92 Å². The summed E-state index contributed by atoms with van der Waals surface area (Å²) in [6, 6.07) is 14.8. The van der Waals surface area contributed by atoms with E-state index in [2.05, 4.69) is 16.0 Å². The molecule has 3 aromatic rings. The Bertz CT molecular complexity index is 1050. The van der Waals surface area contributed by atoms with Gasteiger partial charge in [0.2, 0.25) is 5.91 Å². The average Bonchev–Trinajstić information content (AvgIpc) is 3.25. The van der Waals surface area contributed by atoms with E-state index in [4.69, 9.17) is 16.0 Å². The summed E-state index contributed by atoms with van der Waals surface area (Å²) in [5.74, 6) is -1.26. The molecule has 0 aliphatic carbocycles. The Hall–Kier alpha value is -3.58. The summed E-state index contributed by atoms with van der Waals surface area (Å²) in [4.78, 5) is 36.9. The van der Waals surface area contributed by atoms with Crippen LogP contribution in [0.4, 0.5) is 11.4 Å². The lowest BCUT2D eigenvalue weighted by Crippen LogP contribution is -2.33. The van der Waals surface area contributed by atoms with Crippen LogP contribution >= 0.6 is 11.6 Å². The van der Waals surface area contributed by atoms with Gasteiger partial charge in [-0.25, -0.2) is 0 Å². The minimum Gasteiger partial charge on any atom is -0.459 e. The zero-order valence-electron chi connectivity index (χ0n) is 15.5. The van der Waals surface area contributed by atoms with Crippen molar-refractivity contribution in [2.24, 2.45) is 0 Å². The Morgan fingerprint density at radius 3 is 2.41 bits per heavy atom. The molecule has 1 heterocycles. The van der Waals surface area contributed by atoms with Gasteiger partial charge < -0.3 is 20.4 Å². The molecule has 0 unspecified atom stereocenters. The highest BCUT2D eigenvalue weighted by Gasteiger charge is 2.16. The zero-order valence-corrected chi connectivity index (χ0v) is 16.2. The maximum atomic E-state index is 12.5. The zero-order chi connectivity index (χ0) is 20.8. The summed E-state index contributed by atoms with van der Waals surface area (Å²) < 4.78 is 5.05. The lowest BCUT2D eigenvalue weighted by atomic mass is 10.1. The normalized spacial score (nSPS) is 10.3. The Labute approximate surface area is 172 Å². The molecular weight excluding hydrogens is 394 g/mol. The lowest BCUT2D eigenvalue weighted by Gasteiger charge is -2.12. The van der Waals surface area contributed by atoms with Crippen LogP contribution in [0.15, 0.2) is 65.3 Å². The van der Waals surface area contributed by atoms with Crippen LogP contribution in [0.2, 0.25) is 5.02 Å². The van der Waals surface area contributed by atoms with Crippen molar-refractivity contribution >= 4 is 40.7 Å². The van der Waals surface area contributed by atoms with Crippen molar-refractivity contribution in [3.63, 3.8) is 0 Å². The molecule has 0 fully saturated rings. The van der Waals surface area contributed by atoms with E-state index in [1.165, 1.54) is 12.3 Å². The minimum absolute atomic E-state index is 0.122. The molecule has 0 aliphatic rings. The van der Waals surface area contributed by atoms with Crippen molar-refractivity contribution in [2.45, 2.75) is 6.92 Å². The molecule has 3 amide bonds. The summed E-state index contributed by atoms with van der Waals surface area (Å²) >= 11 is 6.04. The molecule has 7 nitrogen and oxygen atoms in total. The number of halogens is 1. The fraction of sp³-hybridized carbons (Fsp3) is 0.0952. The van der Waals surface area contributed by atoms with Gasteiger partial charge in [-0.2, -0.15) is 0 Å². The van der Waals surface area contributed by atoms with Crippen LogP contribution in [0.25, 0.3) is 0 Å². The highest BCUT2D eigenvalue weighted by Crippen LogP contribution is 2.22. The van der Waals surface area contributed by atoms with Crippen LogP contribution in [-0.2, 0) is 4.79 Å². The molecule has 8 heteroatoms. The number of amides is 3. The third-order valence-corrected chi connectivity index (χ3v) is 4.53. The van der Waals surface area contributed by atoms with E-state index in [9.17, 15) is 14.4 Å². The number of anilines is 2. The molecule has 0 aliphatic heterocycles. The van der Waals surface area contributed by atoms with E-state index in [1.807, 2.05) is 0 Å². The van der Waals surface area contributed by atoms with Gasteiger partial charge in [-0.3, -0.25) is 14.4 Å². The van der Waals surface area contributed by atoms with E-state index in [1.54, 1.807) is 55.5 Å². The monoisotopic (exact) mass is 411 g/mol. The summed E-state index contributed by atoms with van der Waals surface area (Å²) in [6.45, 7) is 1.54. The molecule has 0 saturated heterocycles. The van der Waals surface area contributed by atoms with Gasteiger partial charge in [-0.15, -0.1) is 0 Å². The molecule has 2 aromatic carbocycles. The number of hydrogen-bond acceptors (Lipinski definition) is 4. The predicted octanol–water partition coefficient (Wildman–Crippen LogP) is 3.86. The van der Waals surface area contributed by atoms with Gasteiger partial charge in [-0.1, -0.05) is 29.8 Å². The molecule has 1 aromatic heterocycles. The number of nitrogens with one attached hydrogen (secondary N) is 3. The number of rotatable bonds is 6. The molecule has 3 rings (SSSR count). The van der Waals surface area contributed by atoms with E-state index >= 15 is 0 Å². The molecule has 3 N–H and O–H groups in total. The number of carbonyl (C=O) groups is 3. The standard InChI is InChI=1S/C21H18ClN3O4/c1-13-15(22)7-4-9-16(13)24-19(26)12-23-20(27)14-6-2-3-8-17(14)25-21(28)18-10-5-11-29-18/h2-11H,12H2,1H3,(H,23,27)(H,24,26)(H,25,28). The molecule has 0 atom stereocenters. The van der Waals surface area contributed by atoms with Gasteiger partial charge >= 0.3 is 0 Å². The number of carbonyl (C=O) groups excluding carboxylic acids is 3. The Balaban J connectivity index is 1.63. The molecule has 29 heavy (non-hydrogen) atoms. The molecule has 0 bridgehead atoms. The molecule has 0 radical (unpaired) electrons. The number of para-hydroxylation sites is 1. The highest BCUT2D eigenvalue weighted by molar-refractivity contribution is 6.31. The third kappa shape index (κ3) is 5.03. The first kappa shape index (κ1) is 20.2. The Morgan fingerprint density at radius 2 is 1.66 bits per heavy atom. The Kier molecular flexibility index (Phi) is 6.31. The second kappa shape index (κ2) is 9.07. The van der Waals surface area contributed by atoms with Crippen LogP contribution in [0.1, 0.15) is 26.5 Å². The second-order valence-corrected chi connectivity index (χ2v) is 6.53. The number of hydrogen-bond donors (Lipinski definition) is 3. The molecular formula is C21H18ClN3O4. The molecule has 0 saturated carbocycles. The maximum absolute atomic E-state index is 12.5. The van der Waals surface area contributed by atoms with Crippen LogP contribution < -0.4 is 16.0 Å². The van der Waals surface area contributed by atoms with Gasteiger partial charge in [0.25, 0.3) is 11.8 Å². The SMILES string of the molecule is Cc1c(Cl)cccc1NC(=O)CNC(=O)c1ccccc1NC(=O)c1ccco1. The Morgan fingerprint density at radius 1 is 0.897 bits per heavy atom. The van der Waals surface area contributed by atoms with Gasteiger partial charge in [0.15, 0.2) is 5.76 Å². The van der Waals surface area contributed by atoms with Crippen molar-refractivity contribution in [1.82, 2.24) is 5.32 Å². The fourth-order valence-corrected chi connectivity index (χ4v) is 2.75. The van der Waals surface area contributed by atoms with Crippen LogP contribution in [0.5, 0.6) is 0 Å². The molecule has 148 valence electrons. The number of furan rings is 1. The molecule has 0 spiro atoms. The van der Waals surface area contributed by atoms with Gasteiger partial charge in [0, 0.05) is 10.7 Å². The smallest absolute Gasteiger partial charge is 0.291 e. The van der Waals surface area contributed by atoms with Crippen molar-refractivity contribution < 1.29 is 18.8 Å². The number of benzene rings is 2. The van der Waals surface area contributed by atoms with E-state index in [0.717, 1.165) is 5.56 Å². The van der Waals surface area contributed by atoms with Crippen LogP contribution in [-0.4, -0.2) is 24.3 Å². The van der Waals surface area contributed by atoms with Gasteiger partial charge in [-0.05, 0) is 48.9 Å². The lowest BCUT2D eigenvalue weighted by molar-refractivity contribution is -0.115. The summed E-state index contributed by atoms with van der Waals surface area (Å²) in [6.07, 6.45) is 1.38. The largest absolute Gasteiger partial charge is 0.459 e. The second-order valence-electron chi connectivity index (χ2n) is 6.12. The van der Waals surface area contributed by atoms with Crippen molar-refractivity contribution in [2.75, 3.05) is 17.2 Å². The summed E-state index contributed by atoms with van der Waals surface area (Å²) in [5.41, 5.74) is 1.83. The van der Waals surface area contributed by atoms with Gasteiger partial charge in [0.1, 0.15) is 0 Å². The first-order valence-electron chi connectivity index (χ1n) is 8.72. The van der Waals surface area contributed by atoms with Crippen molar-refractivity contribution in [1.29, 1.82) is 0 Å². The maximum Gasteiger partial charge on any atom is 0.291 e. The first-order valence-corrected chi connectivity index (χ1v) is 9.10. The third-order valence-electron chi connectivity index (χ3n) is 4.12.